The number of hydrogen-bond donors (Lipinski definition) is 2. The summed E-state index contributed by atoms with van der Waals surface area (Å²) >= 11 is 0. The number of rotatable bonds is 5. The van der Waals surface area contributed by atoms with Gasteiger partial charge in [-0.15, -0.1) is 0 Å². The number of aliphatic carboxylic acids is 1. The van der Waals surface area contributed by atoms with Gasteiger partial charge in [0.25, 0.3) is 0 Å². The van der Waals surface area contributed by atoms with Crippen LogP contribution in [0.15, 0.2) is 0 Å². The average molecular weight is 199 g/mol. The van der Waals surface area contributed by atoms with Gasteiger partial charge in [0.05, 0.1) is 0 Å². The summed E-state index contributed by atoms with van der Waals surface area (Å²) in [5, 5.41) is 12.0. The predicted molar refractivity (Wildman–Crippen MR) is 56.2 cm³/mol. The molecule has 3 nitrogen and oxygen atoms in total. The van der Waals surface area contributed by atoms with E-state index < -0.39 is 5.97 Å². The Kier molecular flexibility index (Phi) is 4.39. The smallest absolute Gasteiger partial charge is 0.320 e. The lowest BCUT2D eigenvalue weighted by molar-refractivity contribution is -0.140. The lowest BCUT2D eigenvalue weighted by Crippen LogP contribution is -2.36. The highest BCUT2D eigenvalue weighted by Crippen LogP contribution is 2.27. The van der Waals surface area contributed by atoms with Gasteiger partial charge in [-0.3, -0.25) is 4.79 Å². The van der Waals surface area contributed by atoms with Gasteiger partial charge >= 0.3 is 5.97 Å². The van der Waals surface area contributed by atoms with E-state index in [9.17, 15) is 4.79 Å². The highest BCUT2D eigenvalue weighted by molar-refractivity contribution is 5.74. The van der Waals surface area contributed by atoms with Gasteiger partial charge in [0.2, 0.25) is 0 Å². The molecule has 2 atom stereocenters. The minimum atomic E-state index is -0.682. The van der Waals surface area contributed by atoms with Crippen molar-refractivity contribution in [2.75, 3.05) is 6.54 Å². The molecule has 82 valence electrons. The van der Waals surface area contributed by atoms with Crippen molar-refractivity contribution in [3.63, 3.8) is 0 Å². The van der Waals surface area contributed by atoms with Crippen molar-refractivity contribution in [1.29, 1.82) is 0 Å². The molecule has 2 N–H and O–H groups in total. The van der Waals surface area contributed by atoms with E-state index in [0.717, 1.165) is 19.4 Å². The Morgan fingerprint density at radius 3 is 2.64 bits per heavy atom. The molecule has 0 saturated carbocycles. The maximum absolute atomic E-state index is 10.9. The minimum absolute atomic E-state index is 0.296. The third-order valence-corrected chi connectivity index (χ3v) is 3.41. The quantitative estimate of drug-likeness (QED) is 0.710. The Morgan fingerprint density at radius 1 is 1.50 bits per heavy atom. The highest BCUT2D eigenvalue weighted by atomic mass is 16.4. The first-order chi connectivity index (χ1) is 6.69. The van der Waals surface area contributed by atoms with Gasteiger partial charge in [0, 0.05) is 0 Å². The molecule has 0 aliphatic carbocycles. The van der Waals surface area contributed by atoms with Crippen LogP contribution in [0.1, 0.15) is 39.5 Å². The topological polar surface area (TPSA) is 49.3 Å². The lowest BCUT2D eigenvalue weighted by atomic mass is 9.86. The average Bonchev–Trinajstić information content (AvgIpc) is 2.62. The lowest BCUT2D eigenvalue weighted by Gasteiger charge is -2.20. The maximum Gasteiger partial charge on any atom is 0.320 e. The second-order valence-corrected chi connectivity index (χ2v) is 4.24. The first-order valence-corrected chi connectivity index (χ1v) is 5.65. The van der Waals surface area contributed by atoms with Crippen molar-refractivity contribution in [3.05, 3.63) is 0 Å². The monoisotopic (exact) mass is 199 g/mol. The number of carbonyl (C=O) groups is 1. The van der Waals surface area contributed by atoms with Crippen molar-refractivity contribution in [3.8, 4) is 0 Å². The fraction of sp³-hybridized carbons (Fsp3) is 0.909. The second-order valence-electron chi connectivity index (χ2n) is 4.24. The summed E-state index contributed by atoms with van der Waals surface area (Å²) in [6, 6.07) is -0.296. The van der Waals surface area contributed by atoms with Crippen LogP contribution in [-0.2, 0) is 4.79 Å². The summed E-state index contributed by atoms with van der Waals surface area (Å²) < 4.78 is 0. The number of nitrogens with one attached hydrogen (secondary N) is 1. The number of hydrogen-bond acceptors (Lipinski definition) is 2. The molecular weight excluding hydrogens is 178 g/mol. The van der Waals surface area contributed by atoms with Crippen molar-refractivity contribution in [1.82, 2.24) is 5.32 Å². The van der Waals surface area contributed by atoms with E-state index >= 15 is 0 Å². The fourth-order valence-corrected chi connectivity index (χ4v) is 2.35. The molecule has 3 heteroatoms. The Bertz CT molecular complexity index is 190. The van der Waals surface area contributed by atoms with Gasteiger partial charge < -0.3 is 10.4 Å². The molecule has 1 aliphatic heterocycles. The Balaban J connectivity index is 2.46. The van der Waals surface area contributed by atoms with Crippen molar-refractivity contribution in [2.45, 2.75) is 45.6 Å². The highest BCUT2D eigenvalue weighted by Gasteiger charge is 2.33. The van der Waals surface area contributed by atoms with E-state index in [1.807, 2.05) is 0 Å². The predicted octanol–water partition coefficient (Wildman–Crippen LogP) is 1.88. The first kappa shape index (κ1) is 11.5. The molecule has 1 aliphatic rings. The molecule has 0 spiro atoms. The molecule has 1 rings (SSSR count). The molecule has 0 aromatic heterocycles. The van der Waals surface area contributed by atoms with Crippen LogP contribution in [0, 0.1) is 11.8 Å². The second kappa shape index (κ2) is 5.35. The summed E-state index contributed by atoms with van der Waals surface area (Å²) in [5.41, 5.74) is 0. The standard InChI is InChI=1S/C11H21NO2/c1-3-8(4-2)7-9-5-6-12-10(9)11(13)14/h8-10,12H,3-7H2,1-2H3,(H,13,14)/t9-,10+/m0/s1. The third-order valence-electron chi connectivity index (χ3n) is 3.41. The van der Waals surface area contributed by atoms with Crippen LogP contribution in [0.2, 0.25) is 0 Å². The largest absolute Gasteiger partial charge is 0.480 e. The van der Waals surface area contributed by atoms with Crippen molar-refractivity contribution < 1.29 is 9.90 Å². The fourth-order valence-electron chi connectivity index (χ4n) is 2.35. The Morgan fingerprint density at radius 2 is 2.14 bits per heavy atom. The van der Waals surface area contributed by atoms with Crippen LogP contribution in [-0.4, -0.2) is 23.7 Å². The third kappa shape index (κ3) is 2.71. The van der Waals surface area contributed by atoms with Gasteiger partial charge in [-0.05, 0) is 31.2 Å². The van der Waals surface area contributed by atoms with Crippen molar-refractivity contribution in [2.24, 2.45) is 11.8 Å². The summed E-state index contributed by atoms with van der Waals surface area (Å²) in [7, 11) is 0. The van der Waals surface area contributed by atoms with Crippen LogP contribution in [0.3, 0.4) is 0 Å². The van der Waals surface area contributed by atoms with Gasteiger partial charge in [0.1, 0.15) is 6.04 Å². The van der Waals surface area contributed by atoms with E-state index in [-0.39, 0.29) is 6.04 Å². The molecule has 0 aromatic carbocycles. The van der Waals surface area contributed by atoms with E-state index in [1.165, 1.54) is 12.8 Å². The summed E-state index contributed by atoms with van der Waals surface area (Å²) in [5.74, 6) is 0.359. The van der Waals surface area contributed by atoms with Crippen LogP contribution in [0.25, 0.3) is 0 Å². The van der Waals surface area contributed by atoms with Gasteiger partial charge in [-0.1, -0.05) is 26.7 Å². The summed E-state index contributed by atoms with van der Waals surface area (Å²) in [4.78, 5) is 10.9. The molecule has 0 aromatic rings. The maximum atomic E-state index is 10.9. The molecular formula is C11H21NO2. The molecule has 0 bridgehead atoms. The van der Waals surface area contributed by atoms with Gasteiger partial charge in [-0.25, -0.2) is 0 Å². The molecule has 1 heterocycles. The Labute approximate surface area is 85.9 Å². The molecule has 0 unspecified atom stereocenters. The Hall–Kier alpha value is -0.570. The van der Waals surface area contributed by atoms with Crippen LogP contribution in [0.4, 0.5) is 0 Å². The summed E-state index contributed by atoms with van der Waals surface area (Å²) in [6.45, 7) is 5.24. The number of carboxylic acids is 1. The SMILES string of the molecule is CCC(CC)C[C@@H]1CCN[C@H]1C(=O)O. The zero-order chi connectivity index (χ0) is 10.6. The normalized spacial score (nSPS) is 27.1. The zero-order valence-electron chi connectivity index (χ0n) is 9.12. The molecule has 0 amide bonds. The molecule has 1 saturated heterocycles. The van der Waals surface area contributed by atoms with Crippen LogP contribution >= 0.6 is 0 Å². The van der Waals surface area contributed by atoms with Crippen LogP contribution in [0.5, 0.6) is 0 Å². The van der Waals surface area contributed by atoms with E-state index in [2.05, 4.69) is 19.2 Å². The van der Waals surface area contributed by atoms with E-state index in [1.54, 1.807) is 0 Å². The summed E-state index contributed by atoms with van der Waals surface area (Å²) in [6.07, 6.45) is 4.42. The number of carboxylic acid groups (broad SMARTS) is 1. The van der Waals surface area contributed by atoms with E-state index in [4.69, 9.17) is 5.11 Å². The van der Waals surface area contributed by atoms with E-state index in [0.29, 0.717) is 11.8 Å². The zero-order valence-corrected chi connectivity index (χ0v) is 9.12. The molecule has 1 fully saturated rings. The van der Waals surface area contributed by atoms with Gasteiger partial charge in [0.15, 0.2) is 0 Å². The van der Waals surface area contributed by atoms with Crippen LogP contribution < -0.4 is 5.32 Å². The first-order valence-electron chi connectivity index (χ1n) is 5.65. The van der Waals surface area contributed by atoms with Crippen molar-refractivity contribution >= 4 is 5.97 Å². The van der Waals surface area contributed by atoms with Gasteiger partial charge in [-0.2, -0.15) is 0 Å². The molecule has 14 heavy (non-hydrogen) atoms. The minimum Gasteiger partial charge on any atom is -0.480 e. The molecule has 0 radical (unpaired) electrons.